The molecule has 1 saturated heterocycles. The number of pyridine rings is 1. The number of anilines is 1. The van der Waals surface area contributed by atoms with E-state index in [0.717, 1.165) is 18.9 Å². The van der Waals surface area contributed by atoms with E-state index in [9.17, 15) is 10.1 Å². The largest absolute Gasteiger partial charge is 0.370 e. The highest BCUT2D eigenvalue weighted by Gasteiger charge is 2.17. The van der Waals surface area contributed by atoms with Gasteiger partial charge in [0.2, 0.25) is 0 Å². The van der Waals surface area contributed by atoms with Crippen LogP contribution in [0, 0.1) is 23.0 Å². The van der Waals surface area contributed by atoms with Crippen molar-refractivity contribution in [2.24, 2.45) is 5.92 Å². The number of nitro groups is 1. The summed E-state index contributed by atoms with van der Waals surface area (Å²) in [5.74, 6) is 1.34. The number of aryl methyl sites for hydroxylation is 1. The average molecular weight is 264 g/mol. The van der Waals surface area contributed by atoms with Gasteiger partial charge in [-0.1, -0.05) is 0 Å². The van der Waals surface area contributed by atoms with Gasteiger partial charge in [0.25, 0.3) is 5.69 Å². The molecule has 0 spiro atoms. The standard InChI is InChI=1S/C13H20N4O2/c1-10-6-13(15-8-12(10)17(18)19)14-7-11-4-3-5-16(2)9-11/h6,8,11H,3-5,7,9H2,1-2H3,(H,14,15). The van der Waals surface area contributed by atoms with E-state index in [4.69, 9.17) is 0 Å². The van der Waals surface area contributed by atoms with Crippen molar-refractivity contribution in [1.29, 1.82) is 0 Å². The zero-order chi connectivity index (χ0) is 13.8. The van der Waals surface area contributed by atoms with Gasteiger partial charge in [-0.2, -0.15) is 0 Å². The first-order valence-electron chi connectivity index (χ1n) is 6.59. The van der Waals surface area contributed by atoms with E-state index in [1.165, 1.54) is 25.6 Å². The van der Waals surface area contributed by atoms with Crippen molar-refractivity contribution in [3.8, 4) is 0 Å². The van der Waals surface area contributed by atoms with E-state index < -0.39 is 4.92 Å². The Morgan fingerprint density at radius 2 is 2.42 bits per heavy atom. The van der Waals surface area contributed by atoms with Crippen LogP contribution in [0.4, 0.5) is 11.5 Å². The number of rotatable bonds is 4. The third kappa shape index (κ3) is 3.64. The normalized spacial score (nSPS) is 20.2. The van der Waals surface area contributed by atoms with Gasteiger partial charge in [-0.05, 0) is 45.3 Å². The van der Waals surface area contributed by atoms with Crippen LogP contribution >= 0.6 is 0 Å². The number of nitrogens with one attached hydrogen (secondary N) is 1. The fourth-order valence-corrected chi connectivity index (χ4v) is 2.53. The first-order valence-corrected chi connectivity index (χ1v) is 6.59. The van der Waals surface area contributed by atoms with Crippen LogP contribution in [0.25, 0.3) is 0 Å². The molecule has 6 heteroatoms. The molecule has 2 heterocycles. The van der Waals surface area contributed by atoms with Crippen molar-refractivity contribution >= 4 is 11.5 Å². The van der Waals surface area contributed by atoms with Crippen LogP contribution in [0.15, 0.2) is 12.3 Å². The molecule has 6 nitrogen and oxygen atoms in total. The molecule has 1 aliphatic rings. The Bertz CT molecular complexity index is 464. The van der Waals surface area contributed by atoms with Crippen molar-refractivity contribution < 1.29 is 4.92 Å². The van der Waals surface area contributed by atoms with Gasteiger partial charge in [-0.15, -0.1) is 0 Å². The van der Waals surface area contributed by atoms with Crippen molar-refractivity contribution in [2.75, 3.05) is 32.0 Å². The van der Waals surface area contributed by atoms with Gasteiger partial charge in [-0.25, -0.2) is 4.98 Å². The molecule has 0 bridgehead atoms. The molecule has 0 saturated carbocycles. The Morgan fingerprint density at radius 3 is 3.05 bits per heavy atom. The van der Waals surface area contributed by atoms with Crippen LogP contribution in [0.5, 0.6) is 0 Å². The van der Waals surface area contributed by atoms with Gasteiger partial charge in [-0.3, -0.25) is 10.1 Å². The second-order valence-electron chi connectivity index (χ2n) is 5.26. The van der Waals surface area contributed by atoms with E-state index in [0.29, 0.717) is 11.5 Å². The predicted molar refractivity (Wildman–Crippen MR) is 74.3 cm³/mol. The van der Waals surface area contributed by atoms with Crippen LogP contribution in [-0.4, -0.2) is 41.5 Å². The summed E-state index contributed by atoms with van der Waals surface area (Å²) in [5, 5.41) is 14.0. The highest BCUT2D eigenvalue weighted by molar-refractivity contribution is 5.46. The van der Waals surface area contributed by atoms with Gasteiger partial charge in [0, 0.05) is 18.7 Å². The van der Waals surface area contributed by atoms with E-state index in [-0.39, 0.29) is 5.69 Å². The van der Waals surface area contributed by atoms with Crippen molar-refractivity contribution in [3.63, 3.8) is 0 Å². The molecule has 2 rings (SSSR count). The summed E-state index contributed by atoms with van der Waals surface area (Å²) in [5.41, 5.74) is 0.714. The van der Waals surface area contributed by atoms with Crippen molar-refractivity contribution in [3.05, 3.63) is 27.9 Å². The van der Waals surface area contributed by atoms with Gasteiger partial charge >= 0.3 is 0 Å². The lowest BCUT2D eigenvalue weighted by molar-refractivity contribution is -0.385. The summed E-state index contributed by atoms with van der Waals surface area (Å²) in [7, 11) is 2.14. The Balaban J connectivity index is 1.92. The molecule has 1 aromatic heterocycles. The summed E-state index contributed by atoms with van der Waals surface area (Å²) in [6, 6.07) is 1.74. The average Bonchev–Trinajstić information content (AvgIpc) is 2.36. The summed E-state index contributed by atoms with van der Waals surface area (Å²) in [6.07, 6.45) is 3.78. The number of hydrogen-bond donors (Lipinski definition) is 1. The molecule has 1 atom stereocenters. The Hall–Kier alpha value is -1.69. The smallest absolute Gasteiger partial charge is 0.290 e. The molecular formula is C13H20N4O2. The molecule has 1 aromatic rings. The highest BCUT2D eigenvalue weighted by atomic mass is 16.6. The topological polar surface area (TPSA) is 71.3 Å². The predicted octanol–water partition coefficient (Wildman–Crippen LogP) is 2.05. The first kappa shape index (κ1) is 13.7. The second kappa shape index (κ2) is 5.97. The number of piperidine rings is 1. The maximum Gasteiger partial charge on any atom is 0.290 e. The molecule has 0 aromatic carbocycles. The van der Waals surface area contributed by atoms with Gasteiger partial charge < -0.3 is 10.2 Å². The van der Waals surface area contributed by atoms with Crippen LogP contribution in [0.1, 0.15) is 18.4 Å². The molecule has 1 unspecified atom stereocenters. The van der Waals surface area contributed by atoms with Gasteiger partial charge in [0.15, 0.2) is 0 Å². The summed E-state index contributed by atoms with van der Waals surface area (Å²) >= 11 is 0. The zero-order valence-electron chi connectivity index (χ0n) is 11.4. The fourth-order valence-electron chi connectivity index (χ4n) is 2.53. The van der Waals surface area contributed by atoms with E-state index >= 15 is 0 Å². The molecule has 1 fully saturated rings. The molecule has 0 radical (unpaired) electrons. The minimum Gasteiger partial charge on any atom is -0.370 e. The quantitative estimate of drug-likeness (QED) is 0.665. The van der Waals surface area contributed by atoms with Gasteiger partial charge in [0.1, 0.15) is 12.0 Å². The third-order valence-corrected chi connectivity index (χ3v) is 3.57. The molecule has 0 amide bonds. The number of aromatic nitrogens is 1. The molecule has 1 N–H and O–H groups in total. The fraction of sp³-hybridized carbons (Fsp3) is 0.615. The lowest BCUT2D eigenvalue weighted by Crippen LogP contribution is -2.35. The van der Waals surface area contributed by atoms with E-state index in [1.807, 2.05) is 0 Å². The van der Waals surface area contributed by atoms with Crippen LogP contribution in [-0.2, 0) is 0 Å². The highest BCUT2D eigenvalue weighted by Crippen LogP contribution is 2.20. The van der Waals surface area contributed by atoms with Crippen LogP contribution in [0.2, 0.25) is 0 Å². The molecule has 19 heavy (non-hydrogen) atoms. The van der Waals surface area contributed by atoms with Crippen LogP contribution in [0.3, 0.4) is 0 Å². The minimum absolute atomic E-state index is 0.0722. The Morgan fingerprint density at radius 1 is 1.63 bits per heavy atom. The van der Waals surface area contributed by atoms with E-state index in [1.54, 1.807) is 13.0 Å². The monoisotopic (exact) mass is 264 g/mol. The maximum atomic E-state index is 10.7. The summed E-state index contributed by atoms with van der Waals surface area (Å²) in [6.45, 7) is 4.87. The molecule has 104 valence electrons. The third-order valence-electron chi connectivity index (χ3n) is 3.57. The van der Waals surface area contributed by atoms with Crippen molar-refractivity contribution in [1.82, 2.24) is 9.88 Å². The van der Waals surface area contributed by atoms with Gasteiger partial charge in [0.05, 0.1) is 4.92 Å². The first-order chi connectivity index (χ1) is 9.06. The zero-order valence-corrected chi connectivity index (χ0v) is 11.4. The number of likely N-dealkylation sites (tertiary alicyclic amines) is 1. The molecular weight excluding hydrogens is 244 g/mol. The second-order valence-corrected chi connectivity index (χ2v) is 5.26. The van der Waals surface area contributed by atoms with Crippen molar-refractivity contribution in [2.45, 2.75) is 19.8 Å². The Kier molecular flexibility index (Phi) is 4.31. The lowest BCUT2D eigenvalue weighted by atomic mass is 9.98. The van der Waals surface area contributed by atoms with Crippen LogP contribution < -0.4 is 5.32 Å². The molecule has 1 aliphatic heterocycles. The number of hydrogen-bond acceptors (Lipinski definition) is 5. The summed E-state index contributed by atoms with van der Waals surface area (Å²) in [4.78, 5) is 16.7. The SMILES string of the molecule is Cc1cc(NCC2CCCN(C)C2)ncc1[N+](=O)[O-]. The maximum absolute atomic E-state index is 10.7. The lowest BCUT2D eigenvalue weighted by Gasteiger charge is -2.29. The Labute approximate surface area is 113 Å². The number of nitrogens with zero attached hydrogens (tertiary/aromatic N) is 3. The minimum atomic E-state index is -0.401. The van der Waals surface area contributed by atoms with E-state index in [2.05, 4.69) is 22.2 Å². The molecule has 0 aliphatic carbocycles. The summed E-state index contributed by atoms with van der Waals surface area (Å²) < 4.78 is 0.